The van der Waals surface area contributed by atoms with Gasteiger partial charge in [0, 0.05) is 6.04 Å². The molecular weight excluding hydrogens is 282 g/mol. The second kappa shape index (κ2) is 6.41. The van der Waals surface area contributed by atoms with Crippen molar-refractivity contribution in [2.75, 3.05) is 12.8 Å². The number of nitrogens with one attached hydrogen (secondary N) is 1. The van der Waals surface area contributed by atoms with Gasteiger partial charge >= 0.3 is 0 Å². The van der Waals surface area contributed by atoms with Crippen molar-refractivity contribution >= 4 is 9.84 Å². The zero-order chi connectivity index (χ0) is 15.5. The summed E-state index contributed by atoms with van der Waals surface area (Å²) in [4.78, 5) is 0.421. The molecule has 0 spiro atoms. The quantitative estimate of drug-likeness (QED) is 0.923. The molecule has 0 bridgehead atoms. The molecule has 3 nitrogen and oxygen atoms in total. The molecular formula is C17H21NO2S. The molecule has 21 heavy (non-hydrogen) atoms. The highest BCUT2D eigenvalue weighted by Crippen LogP contribution is 2.23. The van der Waals surface area contributed by atoms with E-state index in [9.17, 15) is 8.42 Å². The maximum absolute atomic E-state index is 12.7. The molecule has 0 aliphatic heterocycles. The minimum atomic E-state index is -3.33. The fraction of sp³-hybridized carbons (Fsp3) is 0.294. The summed E-state index contributed by atoms with van der Waals surface area (Å²) in [6.07, 6.45) is 0. The van der Waals surface area contributed by atoms with Crippen LogP contribution in [0, 0.1) is 13.8 Å². The summed E-state index contributed by atoms with van der Waals surface area (Å²) < 4.78 is 25.3. The molecule has 2 aromatic rings. The van der Waals surface area contributed by atoms with E-state index in [2.05, 4.69) is 5.32 Å². The fourth-order valence-corrected chi connectivity index (χ4v) is 4.29. The first-order chi connectivity index (χ1) is 9.94. The Morgan fingerprint density at radius 1 is 1.05 bits per heavy atom. The summed E-state index contributed by atoms with van der Waals surface area (Å²) in [5.74, 6) is 0.0530. The van der Waals surface area contributed by atoms with Gasteiger partial charge in [0.05, 0.1) is 10.6 Å². The van der Waals surface area contributed by atoms with E-state index >= 15 is 0 Å². The Labute approximate surface area is 126 Å². The molecule has 0 fully saturated rings. The first kappa shape index (κ1) is 15.7. The molecule has 2 aromatic carbocycles. The Morgan fingerprint density at radius 2 is 1.71 bits per heavy atom. The largest absolute Gasteiger partial charge is 0.312 e. The van der Waals surface area contributed by atoms with Crippen LogP contribution in [0.3, 0.4) is 0 Å². The molecule has 112 valence electrons. The van der Waals surface area contributed by atoms with Gasteiger partial charge in [-0.1, -0.05) is 48.0 Å². The minimum Gasteiger partial charge on any atom is -0.312 e. The lowest BCUT2D eigenvalue weighted by atomic mass is 10.1. The summed E-state index contributed by atoms with van der Waals surface area (Å²) in [7, 11) is -1.54. The zero-order valence-electron chi connectivity index (χ0n) is 12.6. The monoisotopic (exact) mass is 303 g/mol. The molecule has 0 aromatic heterocycles. The highest BCUT2D eigenvalue weighted by atomic mass is 32.2. The van der Waals surface area contributed by atoms with E-state index in [0.29, 0.717) is 4.90 Å². The Hall–Kier alpha value is -1.65. The van der Waals surface area contributed by atoms with Crippen LogP contribution in [0.2, 0.25) is 0 Å². The Morgan fingerprint density at radius 3 is 2.29 bits per heavy atom. The van der Waals surface area contributed by atoms with E-state index < -0.39 is 9.84 Å². The van der Waals surface area contributed by atoms with Crippen LogP contribution in [0.4, 0.5) is 0 Å². The van der Waals surface area contributed by atoms with Crippen LogP contribution in [-0.4, -0.2) is 21.2 Å². The lowest BCUT2D eigenvalue weighted by Crippen LogP contribution is -2.25. The predicted molar refractivity (Wildman–Crippen MR) is 86.2 cm³/mol. The average molecular weight is 303 g/mol. The third-order valence-electron chi connectivity index (χ3n) is 3.60. The van der Waals surface area contributed by atoms with Gasteiger partial charge in [-0.25, -0.2) is 8.42 Å². The lowest BCUT2D eigenvalue weighted by Gasteiger charge is -2.17. The van der Waals surface area contributed by atoms with Crippen molar-refractivity contribution in [2.24, 2.45) is 0 Å². The number of benzene rings is 2. The van der Waals surface area contributed by atoms with E-state index in [1.165, 1.54) is 0 Å². The summed E-state index contributed by atoms with van der Waals surface area (Å²) in [5.41, 5.74) is 2.85. The van der Waals surface area contributed by atoms with E-state index in [-0.39, 0.29) is 11.8 Å². The van der Waals surface area contributed by atoms with Crippen molar-refractivity contribution in [3.05, 3.63) is 65.2 Å². The van der Waals surface area contributed by atoms with Gasteiger partial charge in [-0.2, -0.15) is 0 Å². The zero-order valence-corrected chi connectivity index (χ0v) is 13.4. The summed E-state index contributed by atoms with van der Waals surface area (Å²) in [6, 6.07) is 14.9. The van der Waals surface area contributed by atoms with E-state index in [0.717, 1.165) is 16.7 Å². The third-order valence-corrected chi connectivity index (χ3v) is 5.50. The Bertz CT molecular complexity index is 709. The molecule has 1 atom stereocenters. The van der Waals surface area contributed by atoms with Gasteiger partial charge in [0.1, 0.15) is 0 Å². The summed E-state index contributed by atoms with van der Waals surface area (Å²) in [5, 5.41) is 3.10. The van der Waals surface area contributed by atoms with Gasteiger partial charge in [0.2, 0.25) is 0 Å². The van der Waals surface area contributed by atoms with Crippen molar-refractivity contribution in [1.82, 2.24) is 5.32 Å². The number of sulfone groups is 1. The van der Waals surface area contributed by atoms with Crippen molar-refractivity contribution in [2.45, 2.75) is 24.8 Å². The molecule has 4 heteroatoms. The third kappa shape index (κ3) is 3.71. The van der Waals surface area contributed by atoms with E-state index in [1.54, 1.807) is 13.1 Å². The van der Waals surface area contributed by atoms with Crippen LogP contribution in [-0.2, 0) is 9.84 Å². The van der Waals surface area contributed by atoms with Crippen LogP contribution < -0.4 is 5.32 Å². The molecule has 1 N–H and O–H groups in total. The van der Waals surface area contributed by atoms with Crippen LogP contribution in [0.25, 0.3) is 0 Å². The molecule has 0 heterocycles. The summed E-state index contributed by atoms with van der Waals surface area (Å²) in [6.45, 7) is 3.81. The Balaban J connectivity index is 2.32. The second-order valence-electron chi connectivity index (χ2n) is 5.30. The smallest absolute Gasteiger partial charge is 0.180 e. The normalized spacial score (nSPS) is 13.1. The van der Waals surface area contributed by atoms with Crippen molar-refractivity contribution in [1.29, 1.82) is 0 Å². The molecule has 2 rings (SSSR count). The molecule has 0 radical (unpaired) electrons. The highest BCUT2D eigenvalue weighted by Gasteiger charge is 2.22. The van der Waals surface area contributed by atoms with Crippen molar-refractivity contribution < 1.29 is 8.42 Å². The second-order valence-corrected chi connectivity index (χ2v) is 7.30. The van der Waals surface area contributed by atoms with Crippen molar-refractivity contribution in [3.63, 3.8) is 0 Å². The fourth-order valence-electron chi connectivity index (χ4n) is 2.49. The maximum Gasteiger partial charge on any atom is 0.180 e. The molecule has 1 unspecified atom stereocenters. The van der Waals surface area contributed by atoms with Crippen LogP contribution in [0.15, 0.2) is 53.4 Å². The van der Waals surface area contributed by atoms with Gasteiger partial charge in [0.15, 0.2) is 9.84 Å². The molecule has 0 saturated heterocycles. The number of hydrogen-bond donors (Lipinski definition) is 1. The van der Waals surface area contributed by atoms with Crippen LogP contribution >= 0.6 is 0 Å². The lowest BCUT2D eigenvalue weighted by molar-refractivity contribution is 0.573. The Kier molecular flexibility index (Phi) is 4.80. The van der Waals surface area contributed by atoms with E-state index in [4.69, 9.17) is 0 Å². The molecule has 0 amide bonds. The first-order valence-corrected chi connectivity index (χ1v) is 8.61. The minimum absolute atomic E-state index is 0.0530. The number of aryl methyl sites for hydroxylation is 2. The first-order valence-electron chi connectivity index (χ1n) is 6.96. The molecule has 0 saturated carbocycles. The topological polar surface area (TPSA) is 46.2 Å². The predicted octanol–water partition coefficient (Wildman–Crippen LogP) is 3.04. The van der Waals surface area contributed by atoms with Gasteiger partial charge in [-0.3, -0.25) is 0 Å². The number of hydrogen-bond acceptors (Lipinski definition) is 3. The molecule has 0 aliphatic rings. The van der Waals surface area contributed by atoms with Crippen LogP contribution in [0.5, 0.6) is 0 Å². The van der Waals surface area contributed by atoms with Crippen molar-refractivity contribution in [3.8, 4) is 0 Å². The standard InChI is InChI=1S/C17H21NO2S/c1-13-9-10-17(14(2)11-13)21(19,20)12-16(18-3)15-7-5-4-6-8-15/h4-11,16,18H,12H2,1-3H3. The molecule has 0 aliphatic carbocycles. The van der Waals surface area contributed by atoms with E-state index in [1.807, 2.05) is 56.3 Å². The van der Waals surface area contributed by atoms with Crippen LogP contribution in [0.1, 0.15) is 22.7 Å². The van der Waals surface area contributed by atoms with Gasteiger partial charge in [-0.15, -0.1) is 0 Å². The van der Waals surface area contributed by atoms with Gasteiger partial charge in [0.25, 0.3) is 0 Å². The summed E-state index contributed by atoms with van der Waals surface area (Å²) >= 11 is 0. The SMILES string of the molecule is CNC(CS(=O)(=O)c1ccc(C)cc1C)c1ccccc1. The highest BCUT2D eigenvalue weighted by molar-refractivity contribution is 7.91. The number of rotatable bonds is 5. The average Bonchev–Trinajstić information content (AvgIpc) is 2.45. The van der Waals surface area contributed by atoms with Gasteiger partial charge < -0.3 is 5.32 Å². The maximum atomic E-state index is 12.7. The van der Waals surface area contributed by atoms with Gasteiger partial charge in [-0.05, 0) is 38.1 Å².